The number of carbonyl (C=O) groups excluding carboxylic acids is 1. The third-order valence-corrected chi connectivity index (χ3v) is 3.92. The number of anilines is 1. The van der Waals surface area contributed by atoms with Gasteiger partial charge < -0.3 is 15.8 Å². The van der Waals surface area contributed by atoms with Crippen LogP contribution in [-0.2, 0) is 4.74 Å². The van der Waals surface area contributed by atoms with Gasteiger partial charge in [0.2, 0.25) is 0 Å². The lowest BCUT2D eigenvalue weighted by molar-refractivity contribution is 0.0602. The summed E-state index contributed by atoms with van der Waals surface area (Å²) in [5.41, 5.74) is 9.87. The van der Waals surface area contributed by atoms with Gasteiger partial charge in [-0.15, -0.1) is 0 Å². The van der Waals surface area contributed by atoms with Crippen molar-refractivity contribution < 1.29 is 9.53 Å². The van der Waals surface area contributed by atoms with Crippen molar-refractivity contribution in [3.05, 3.63) is 65.2 Å². The minimum absolute atomic E-state index is 0.0315. The van der Waals surface area contributed by atoms with E-state index in [-0.39, 0.29) is 18.1 Å². The molecular formula is C17H18N2O2. The second kappa shape index (κ2) is 5.58. The summed E-state index contributed by atoms with van der Waals surface area (Å²) < 4.78 is 4.83. The summed E-state index contributed by atoms with van der Waals surface area (Å²) in [6.07, 6.45) is 0.814. The zero-order valence-electron chi connectivity index (χ0n) is 11.9. The van der Waals surface area contributed by atoms with Gasteiger partial charge in [0, 0.05) is 11.7 Å². The Morgan fingerprint density at radius 2 is 1.81 bits per heavy atom. The first-order chi connectivity index (χ1) is 10.2. The van der Waals surface area contributed by atoms with Crippen molar-refractivity contribution in [2.75, 3.05) is 12.4 Å². The maximum absolute atomic E-state index is 11.8. The first-order valence-electron chi connectivity index (χ1n) is 6.99. The maximum atomic E-state index is 11.8. The molecule has 21 heavy (non-hydrogen) atoms. The van der Waals surface area contributed by atoms with Crippen molar-refractivity contribution in [2.24, 2.45) is 5.73 Å². The Hall–Kier alpha value is -2.33. The Balaban J connectivity index is 1.91. The number of para-hydroxylation sites is 1. The largest absolute Gasteiger partial charge is 0.465 e. The molecule has 0 bridgehead atoms. The Bertz CT molecular complexity index is 669. The summed E-state index contributed by atoms with van der Waals surface area (Å²) in [5, 5.41) is 3.43. The molecule has 0 saturated heterocycles. The van der Waals surface area contributed by atoms with Crippen LogP contribution < -0.4 is 11.1 Å². The fourth-order valence-corrected chi connectivity index (χ4v) is 2.90. The summed E-state index contributed by atoms with van der Waals surface area (Å²) in [6.45, 7) is 0. The Labute approximate surface area is 123 Å². The molecule has 0 radical (unpaired) electrons. The van der Waals surface area contributed by atoms with Gasteiger partial charge in [-0.1, -0.05) is 36.4 Å². The van der Waals surface area contributed by atoms with Crippen LogP contribution in [0.3, 0.4) is 0 Å². The number of hydrogen-bond donors (Lipinski definition) is 2. The molecular weight excluding hydrogens is 264 g/mol. The number of ether oxygens (including phenoxy) is 1. The Morgan fingerprint density at radius 3 is 2.57 bits per heavy atom. The first-order valence-corrected chi connectivity index (χ1v) is 6.99. The monoisotopic (exact) mass is 282 g/mol. The van der Waals surface area contributed by atoms with Crippen LogP contribution in [0.1, 0.15) is 40.0 Å². The molecule has 0 spiro atoms. The quantitative estimate of drug-likeness (QED) is 0.849. The molecule has 2 aromatic rings. The van der Waals surface area contributed by atoms with Crippen LogP contribution in [0.4, 0.5) is 5.69 Å². The highest BCUT2D eigenvalue weighted by Crippen LogP contribution is 2.39. The molecule has 0 aliphatic heterocycles. The van der Waals surface area contributed by atoms with Crippen LogP contribution in [0.15, 0.2) is 48.5 Å². The predicted molar refractivity (Wildman–Crippen MR) is 82.1 cm³/mol. The number of carbonyl (C=O) groups is 1. The second-order valence-electron chi connectivity index (χ2n) is 5.21. The van der Waals surface area contributed by atoms with Crippen LogP contribution in [0.2, 0.25) is 0 Å². The molecule has 2 aromatic carbocycles. The molecule has 108 valence electrons. The zero-order chi connectivity index (χ0) is 14.8. The molecule has 0 heterocycles. The van der Waals surface area contributed by atoms with Gasteiger partial charge in [0.1, 0.15) is 0 Å². The summed E-state index contributed by atoms with van der Waals surface area (Å²) in [4.78, 5) is 11.8. The van der Waals surface area contributed by atoms with Gasteiger partial charge in [-0.25, -0.2) is 4.79 Å². The van der Waals surface area contributed by atoms with Gasteiger partial charge in [0.15, 0.2) is 0 Å². The lowest BCUT2D eigenvalue weighted by Gasteiger charge is -2.17. The van der Waals surface area contributed by atoms with E-state index in [1.807, 2.05) is 30.3 Å². The lowest BCUT2D eigenvalue weighted by Crippen LogP contribution is -2.13. The molecule has 4 nitrogen and oxygen atoms in total. The average Bonchev–Trinajstić information content (AvgIpc) is 2.84. The van der Waals surface area contributed by atoms with Crippen molar-refractivity contribution in [3.8, 4) is 0 Å². The van der Waals surface area contributed by atoms with E-state index in [2.05, 4.69) is 17.4 Å². The van der Waals surface area contributed by atoms with Gasteiger partial charge in [0.05, 0.1) is 18.7 Å². The highest BCUT2D eigenvalue weighted by atomic mass is 16.5. The Kier molecular flexibility index (Phi) is 3.62. The van der Waals surface area contributed by atoms with Crippen molar-refractivity contribution in [3.63, 3.8) is 0 Å². The number of nitrogens with two attached hydrogens (primary N) is 1. The van der Waals surface area contributed by atoms with E-state index < -0.39 is 0 Å². The SMILES string of the molecule is COC(=O)c1ccccc1NC1CC(N)c2ccccc21. The van der Waals surface area contributed by atoms with Gasteiger partial charge in [-0.3, -0.25) is 0 Å². The van der Waals surface area contributed by atoms with Gasteiger partial charge >= 0.3 is 5.97 Å². The molecule has 0 aromatic heterocycles. The second-order valence-corrected chi connectivity index (χ2v) is 5.21. The topological polar surface area (TPSA) is 64.3 Å². The van der Waals surface area contributed by atoms with E-state index in [9.17, 15) is 4.79 Å². The molecule has 0 fully saturated rings. The average molecular weight is 282 g/mol. The summed E-state index contributed by atoms with van der Waals surface area (Å²) >= 11 is 0. The number of rotatable bonds is 3. The Morgan fingerprint density at radius 1 is 1.14 bits per heavy atom. The zero-order valence-corrected chi connectivity index (χ0v) is 11.9. The number of benzene rings is 2. The number of fused-ring (bicyclic) bond motifs is 1. The number of esters is 1. The summed E-state index contributed by atoms with van der Waals surface area (Å²) in [7, 11) is 1.39. The predicted octanol–water partition coefficient (Wildman–Crippen LogP) is 3.03. The number of hydrogen-bond acceptors (Lipinski definition) is 4. The van der Waals surface area contributed by atoms with Crippen LogP contribution in [0.25, 0.3) is 0 Å². The lowest BCUT2D eigenvalue weighted by atomic mass is 10.1. The number of methoxy groups -OCH3 is 1. The fourth-order valence-electron chi connectivity index (χ4n) is 2.90. The molecule has 1 aliphatic rings. The molecule has 2 unspecified atom stereocenters. The molecule has 4 heteroatoms. The van der Waals surface area contributed by atoms with Crippen molar-refractivity contribution in [1.82, 2.24) is 0 Å². The standard InChI is InChI=1S/C17H18N2O2/c1-21-17(20)13-8-4-5-9-15(13)19-16-10-14(18)11-6-2-3-7-12(11)16/h2-9,14,16,19H,10,18H2,1H3. The van der Waals surface area contributed by atoms with E-state index in [1.165, 1.54) is 18.2 Å². The summed E-state index contributed by atoms with van der Waals surface area (Å²) in [6, 6.07) is 15.7. The van der Waals surface area contributed by atoms with Crippen molar-refractivity contribution in [2.45, 2.75) is 18.5 Å². The van der Waals surface area contributed by atoms with Crippen molar-refractivity contribution >= 4 is 11.7 Å². The van der Waals surface area contributed by atoms with Crippen molar-refractivity contribution in [1.29, 1.82) is 0 Å². The van der Waals surface area contributed by atoms with Crippen LogP contribution in [-0.4, -0.2) is 13.1 Å². The molecule has 2 atom stereocenters. The molecule has 1 aliphatic carbocycles. The van der Waals surface area contributed by atoms with E-state index in [4.69, 9.17) is 10.5 Å². The minimum Gasteiger partial charge on any atom is -0.465 e. The van der Waals surface area contributed by atoms with Crippen LogP contribution in [0, 0.1) is 0 Å². The highest BCUT2D eigenvalue weighted by Gasteiger charge is 2.28. The number of nitrogens with one attached hydrogen (secondary N) is 1. The summed E-state index contributed by atoms with van der Waals surface area (Å²) in [5.74, 6) is -0.339. The molecule has 3 rings (SSSR count). The highest BCUT2D eigenvalue weighted by molar-refractivity contribution is 5.95. The molecule has 3 N–H and O–H groups in total. The maximum Gasteiger partial charge on any atom is 0.339 e. The molecule has 0 saturated carbocycles. The fraction of sp³-hybridized carbons (Fsp3) is 0.235. The molecule has 0 amide bonds. The van der Waals surface area contributed by atoms with Gasteiger partial charge in [-0.05, 0) is 29.7 Å². The smallest absolute Gasteiger partial charge is 0.339 e. The van der Waals surface area contributed by atoms with Gasteiger partial charge in [-0.2, -0.15) is 0 Å². The minimum atomic E-state index is -0.339. The third kappa shape index (κ3) is 2.50. The van der Waals surface area contributed by atoms with E-state index in [0.29, 0.717) is 5.56 Å². The van der Waals surface area contributed by atoms with Crippen LogP contribution >= 0.6 is 0 Å². The normalized spacial score (nSPS) is 19.9. The van der Waals surface area contributed by atoms with E-state index >= 15 is 0 Å². The van der Waals surface area contributed by atoms with Crippen LogP contribution in [0.5, 0.6) is 0 Å². The van der Waals surface area contributed by atoms with Gasteiger partial charge in [0.25, 0.3) is 0 Å². The third-order valence-electron chi connectivity index (χ3n) is 3.92. The van der Waals surface area contributed by atoms with E-state index in [1.54, 1.807) is 6.07 Å². The van der Waals surface area contributed by atoms with E-state index in [0.717, 1.165) is 12.1 Å². The first kappa shape index (κ1) is 13.6.